The zero-order valence-electron chi connectivity index (χ0n) is 10.0. The second kappa shape index (κ2) is 5.01. The Balaban J connectivity index is 1.84. The van der Waals surface area contributed by atoms with Crippen LogP contribution in [0.3, 0.4) is 0 Å². The molecule has 0 aromatic carbocycles. The van der Waals surface area contributed by atoms with E-state index < -0.39 is 0 Å². The third-order valence-corrected chi connectivity index (χ3v) is 4.41. The molecule has 6 heteroatoms. The number of likely N-dealkylation sites (N-methyl/N-ethyl adjacent to an activating group) is 1. The highest BCUT2D eigenvalue weighted by molar-refractivity contribution is 7.19. The van der Waals surface area contributed by atoms with E-state index in [1.54, 1.807) is 11.3 Å². The van der Waals surface area contributed by atoms with Crippen LogP contribution >= 0.6 is 22.9 Å². The van der Waals surface area contributed by atoms with Crippen LogP contribution in [0.4, 0.5) is 0 Å². The molecule has 2 aromatic heterocycles. The summed E-state index contributed by atoms with van der Waals surface area (Å²) in [5.74, 6) is 0.955. The average molecular weight is 284 g/mol. The van der Waals surface area contributed by atoms with E-state index in [9.17, 15) is 0 Å². The normalized spacial score (nSPS) is 21.3. The number of ether oxygens (including phenoxy) is 1. The van der Waals surface area contributed by atoms with Crippen molar-refractivity contribution in [2.45, 2.75) is 6.04 Å². The molecule has 0 unspecified atom stereocenters. The number of thiophene rings is 1. The van der Waals surface area contributed by atoms with E-state index in [4.69, 9.17) is 16.3 Å². The first-order valence-corrected chi connectivity index (χ1v) is 7.02. The van der Waals surface area contributed by atoms with Gasteiger partial charge in [-0.05, 0) is 19.2 Å². The number of nitrogens with zero attached hydrogens (tertiary/aromatic N) is 2. The van der Waals surface area contributed by atoms with E-state index >= 15 is 0 Å². The van der Waals surface area contributed by atoms with Crippen LogP contribution < -0.4 is 0 Å². The van der Waals surface area contributed by atoms with Crippen LogP contribution in [-0.2, 0) is 4.74 Å². The largest absolute Gasteiger partial charge is 0.378 e. The second-order valence-corrected chi connectivity index (χ2v) is 6.07. The van der Waals surface area contributed by atoms with Crippen molar-refractivity contribution in [2.75, 3.05) is 26.8 Å². The molecular weight excluding hydrogens is 270 g/mol. The fourth-order valence-corrected chi connectivity index (χ4v) is 3.07. The maximum absolute atomic E-state index is 5.94. The molecule has 18 heavy (non-hydrogen) atoms. The Morgan fingerprint density at radius 1 is 1.56 bits per heavy atom. The zero-order chi connectivity index (χ0) is 12.5. The number of hydrogen-bond acceptors (Lipinski definition) is 4. The molecule has 1 fully saturated rings. The molecule has 0 aliphatic carbocycles. The highest BCUT2D eigenvalue weighted by atomic mass is 35.5. The summed E-state index contributed by atoms with van der Waals surface area (Å²) >= 11 is 7.50. The highest BCUT2D eigenvalue weighted by Gasteiger charge is 2.24. The number of imidazole rings is 1. The van der Waals surface area contributed by atoms with Gasteiger partial charge in [-0.25, -0.2) is 4.98 Å². The summed E-state index contributed by atoms with van der Waals surface area (Å²) in [4.78, 5) is 11.2. The molecule has 3 heterocycles. The lowest BCUT2D eigenvalue weighted by molar-refractivity contribution is 0.00215. The molecule has 1 aliphatic heterocycles. The van der Waals surface area contributed by atoms with Crippen LogP contribution in [-0.4, -0.2) is 41.7 Å². The summed E-state index contributed by atoms with van der Waals surface area (Å²) in [6, 6.07) is 4.12. The lowest BCUT2D eigenvalue weighted by atomic mass is 10.2. The average Bonchev–Trinajstić information content (AvgIpc) is 2.98. The monoisotopic (exact) mass is 283 g/mol. The smallest absolute Gasteiger partial charge is 0.126 e. The molecule has 0 bridgehead atoms. The molecular formula is C12H14ClN3OS. The summed E-state index contributed by atoms with van der Waals surface area (Å²) in [5.41, 5.74) is 1.01. The van der Waals surface area contributed by atoms with Crippen LogP contribution in [0.1, 0.15) is 11.9 Å². The Kier molecular flexibility index (Phi) is 3.39. The molecule has 1 aliphatic rings. The van der Waals surface area contributed by atoms with Crippen molar-refractivity contribution >= 4 is 22.9 Å². The van der Waals surface area contributed by atoms with E-state index in [0.29, 0.717) is 6.61 Å². The molecule has 0 saturated carbocycles. The maximum atomic E-state index is 5.94. The molecule has 0 spiro atoms. The second-order valence-electron chi connectivity index (χ2n) is 4.36. The van der Waals surface area contributed by atoms with Crippen molar-refractivity contribution in [2.24, 2.45) is 0 Å². The van der Waals surface area contributed by atoms with E-state index in [2.05, 4.69) is 21.9 Å². The van der Waals surface area contributed by atoms with Gasteiger partial charge in [0.1, 0.15) is 5.82 Å². The molecule has 1 atom stereocenters. The van der Waals surface area contributed by atoms with E-state index in [1.165, 1.54) is 0 Å². The van der Waals surface area contributed by atoms with Crippen LogP contribution in [0.5, 0.6) is 0 Å². The lowest BCUT2D eigenvalue weighted by Crippen LogP contribution is -2.37. The minimum Gasteiger partial charge on any atom is -0.378 e. The molecule has 0 amide bonds. The Morgan fingerprint density at radius 3 is 3.17 bits per heavy atom. The molecule has 1 N–H and O–H groups in total. The van der Waals surface area contributed by atoms with Crippen molar-refractivity contribution in [1.82, 2.24) is 14.9 Å². The summed E-state index contributed by atoms with van der Waals surface area (Å²) in [7, 11) is 2.09. The zero-order valence-corrected chi connectivity index (χ0v) is 11.6. The third-order valence-electron chi connectivity index (χ3n) is 3.15. The van der Waals surface area contributed by atoms with Gasteiger partial charge in [-0.2, -0.15) is 0 Å². The number of rotatable bonds is 2. The van der Waals surface area contributed by atoms with Gasteiger partial charge in [0.2, 0.25) is 0 Å². The number of H-pyrrole nitrogens is 1. The Morgan fingerprint density at radius 2 is 2.44 bits per heavy atom. The van der Waals surface area contributed by atoms with Crippen LogP contribution in [0.2, 0.25) is 4.34 Å². The van der Waals surface area contributed by atoms with Crippen LogP contribution in [0, 0.1) is 0 Å². The topological polar surface area (TPSA) is 41.1 Å². The minimum absolute atomic E-state index is 0.211. The predicted molar refractivity (Wildman–Crippen MR) is 73.1 cm³/mol. The van der Waals surface area contributed by atoms with Gasteiger partial charge in [0.15, 0.2) is 0 Å². The molecule has 96 valence electrons. The van der Waals surface area contributed by atoms with Gasteiger partial charge in [-0.15, -0.1) is 11.3 Å². The standard InChI is InChI=1S/C12H14ClN3OS/c1-16-4-5-17-7-9(16)12-14-6-8(15-12)10-2-3-11(13)18-10/h2-3,6,9H,4-5,7H2,1H3,(H,14,15)/t9-/m0/s1. The van der Waals surface area contributed by atoms with Crippen molar-refractivity contribution in [3.63, 3.8) is 0 Å². The van der Waals surface area contributed by atoms with Gasteiger partial charge in [-0.1, -0.05) is 11.6 Å². The Hall–Kier alpha value is -0.880. The van der Waals surface area contributed by atoms with Crippen LogP contribution in [0.25, 0.3) is 10.6 Å². The summed E-state index contributed by atoms with van der Waals surface area (Å²) in [6.45, 7) is 2.42. The number of morpholine rings is 1. The van der Waals surface area contributed by atoms with E-state index in [0.717, 1.165) is 33.9 Å². The fraction of sp³-hybridized carbons (Fsp3) is 0.417. The first kappa shape index (κ1) is 12.2. The summed E-state index contributed by atoms with van der Waals surface area (Å²) in [6.07, 6.45) is 1.86. The van der Waals surface area contributed by atoms with Gasteiger partial charge in [-0.3, -0.25) is 4.90 Å². The number of halogens is 1. The first-order valence-electron chi connectivity index (χ1n) is 5.82. The molecule has 3 rings (SSSR count). The highest BCUT2D eigenvalue weighted by Crippen LogP contribution is 2.31. The van der Waals surface area contributed by atoms with Crippen LogP contribution in [0.15, 0.2) is 18.3 Å². The first-order chi connectivity index (χ1) is 8.74. The fourth-order valence-electron chi connectivity index (χ4n) is 2.06. The van der Waals surface area contributed by atoms with E-state index in [-0.39, 0.29) is 6.04 Å². The number of aromatic amines is 1. The van der Waals surface area contributed by atoms with Crippen molar-refractivity contribution < 1.29 is 4.74 Å². The molecule has 1 saturated heterocycles. The summed E-state index contributed by atoms with van der Waals surface area (Å²) in [5, 5.41) is 0. The van der Waals surface area contributed by atoms with E-state index in [1.807, 2.05) is 18.3 Å². The number of nitrogens with one attached hydrogen (secondary N) is 1. The van der Waals surface area contributed by atoms with Gasteiger partial charge in [0, 0.05) is 6.54 Å². The molecule has 0 radical (unpaired) electrons. The van der Waals surface area contributed by atoms with Gasteiger partial charge in [0.05, 0.1) is 40.4 Å². The molecule has 4 nitrogen and oxygen atoms in total. The minimum atomic E-state index is 0.211. The van der Waals surface area contributed by atoms with Crippen molar-refractivity contribution in [1.29, 1.82) is 0 Å². The van der Waals surface area contributed by atoms with Gasteiger partial charge >= 0.3 is 0 Å². The predicted octanol–water partition coefficient (Wildman–Crippen LogP) is 2.79. The quantitative estimate of drug-likeness (QED) is 0.921. The number of hydrogen-bond donors (Lipinski definition) is 1. The molecule has 2 aromatic rings. The third kappa shape index (κ3) is 2.31. The van der Waals surface area contributed by atoms with Gasteiger partial charge < -0.3 is 9.72 Å². The SMILES string of the molecule is CN1CCOC[C@H]1c1ncc(-c2ccc(Cl)s2)[nH]1. The number of aromatic nitrogens is 2. The Bertz CT molecular complexity index is 539. The van der Waals surface area contributed by atoms with Gasteiger partial charge in [0.25, 0.3) is 0 Å². The van der Waals surface area contributed by atoms with Crippen molar-refractivity contribution in [3.8, 4) is 10.6 Å². The lowest BCUT2D eigenvalue weighted by Gasteiger charge is -2.30. The van der Waals surface area contributed by atoms with Crippen molar-refractivity contribution in [3.05, 3.63) is 28.5 Å². The summed E-state index contributed by atoms with van der Waals surface area (Å²) < 4.78 is 6.30. The Labute approximate surface area is 115 Å². The maximum Gasteiger partial charge on any atom is 0.126 e.